The standard InChI is InChI=1S/C16H22N2O6S/c1-17(10-7-15(19)20)16(21)12-5-6-13(24-2)14(11-12)25(22,23)18-8-3-4-9-18/h5-6,11H,3-4,7-10H2,1-2H3,(H,19,20). The van der Waals surface area contributed by atoms with Crippen LogP contribution in [-0.2, 0) is 14.8 Å². The van der Waals surface area contributed by atoms with E-state index in [-0.39, 0.29) is 29.2 Å². The van der Waals surface area contributed by atoms with Crippen LogP contribution in [0.2, 0.25) is 0 Å². The quantitative estimate of drug-likeness (QED) is 0.769. The summed E-state index contributed by atoms with van der Waals surface area (Å²) in [5, 5.41) is 8.72. The van der Waals surface area contributed by atoms with Crippen LogP contribution in [0, 0.1) is 0 Å². The highest BCUT2D eigenvalue weighted by molar-refractivity contribution is 7.89. The molecule has 0 saturated carbocycles. The fourth-order valence-electron chi connectivity index (χ4n) is 2.66. The molecule has 1 aliphatic heterocycles. The van der Waals surface area contributed by atoms with Crippen molar-refractivity contribution < 1.29 is 27.9 Å². The molecule has 0 unspecified atom stereocenters. The Morgan fingerprint density at radius 1 is 1.28 bits per heavy atom. The van der Waals surface area contributed by atoms with Crippen molar-refractivity contribution in [1.82, 2.24) is 9.21 Å². The van der Waals surface area contributed by atoms with E-state index in [1.807, 2.05) is 0 Å². The van der Waals surface area contributed by atoms with E-state index in [0.29, 0.717) is 13.1 Å². The minimum absolute atomic E-state index is 0.0361. The lowest BCUT2D eigenvalue weighted by molar-refractivity contribution is -0.137. The van der Waals surface area contributed by atoms with Crippen LogP contribution < -0.4 is 4.74 Å². The zero-order chi connectivity index (χ0) is 18.6. The minimum Gasteiger partial charge on any atom is -0.495 e. The van der Waals surface area contributed by atoms with Gasteiger partial charge in [0, 0.05) is 32.2 Å². The molecular formula is C16H22N2O6S. The summed E-state index contributed by atoms with van der Waals surface area (Å²) in [6.45, 7) is 0.929. The molecule has 1 amide bonds. The van der Waals surface area contributed by atoms with Gasteiger partial charge < -0.3 is 14.7 Å². The van der Waals surface area contributed by atoms with Gasteiger partial charge in [0.2, 0.25) is 10.0 Å². The summed E-state index contributed by atoms with van der Waals surface area (Å²) in [5.74, 6) is -1.27. The number of methoxy groups -OCH3 is 1. The van der Waals surface area contributed by atoms with E-state index in [1.165, 1.54) is 41.6 Å². The Hall–Kier alpha value is -2.13. The average molecular weight is 370 g/mol. The number of carboxylic acid groups (broad SMARTS) is 1. The van der Waals surface area contributed by atoms with Crippen molar-refractivity contribution in [3.63, 3.8) is 0 Å². The third-order valence-corrected chi connectivity index (χ3v) is 6.02. The summed E-state index contributed by atoms with van der Waals surface area (Å²) in [6.07, 6.45) is 1.42. The first kappa shape index (κ1) is 19.2. The lowest BCUT2D eigenvalue weighted by atomic mass is 10.2. The fraction of sp³-hybridized carbons (Fsp3) is 0.500. The molecule has 0 atom stereocenters. The molecule has 1 aromatic rings. The molecule has 9 heteroatoms. The summed E-state index contributed by atoms with van der Waals surface area (Å²) in [6, 6.07) is 4.22. The van der Waals surface area contributed by atoms with E-state index in [9.17, 15) is 18.0 Å². The number of aliphatic carboxylic acids is 1. The summed E-state index contributed by atoms with van der Waals surface area (Å²) < 4.78 is 32.2. The first-order chi connectivity index (χ1) is 11.8. The number of rotatable bonds is 7. The monoisotopic (exact) mass is 370 g/mol. The van der Waals surface area contributed by atoms with Gasteiger partial charge in [0.15, 0.2) is 0 Å². The molecule has 0 aliphatic carbocycles. The van der Waals surface area contributed by atoms with Gasteiger partial charge in [-0.05, 0) is 31.0 Å². The summed E-state index contributed by atoms with van der Waals surface area (Å²) in [5.41, 5.74) is 0.173. The summed E-state index contributed by atoms with van der Waals surface area (Å²) in [4.78, 5) is 24.3. The molecule has 2 rings (SSSR count). The summed E-state index contributed by atoms with van der Waals surface area (Å²) in [7, 11) is -0.895. The van der Waals surface area contributed by atoms with E-state index < -0.39 is 21.9 Å². The van der Waals surface area contributed by atoms with Crippen LogP contribution in [0.5, 0.6) is 5.75 Å². The van der Waals surface area contributed by atoms with Crippen LogP contribution in [0.3, 0.4) is 0 Å². The molecule has 1 saturated heterocycles. The molecular weight excluding hydrogens is 348 g/mol. The Morgan fingerprint density at radius 2 is 1.92 bits per heavy atom. The van der Waals surface area contributed by atoms with Gasteiger partial charge in [0.05, 0.1) is 13.5 Å². The van der Waals surface area contributed by atoms with Crippen molar-refractivity contribution in [3.05, 3.63) is 23.8 Å². The van der Waals surface area contributed by atoms with Gasteiger partial charge in [0.1, 0.15) is 10.6 Å². The van der Waals surface area contributed by atoms with E-state index >= 15 is 0 Å². The van der Waals surface area contributed by atoms with Crippen LogP contribution >= 0.6 is 0 Å². The van der Waals surface area contributed by atoms with Crippen LogP contribution in [-0.4, -0.2) is 68.4 Å². The fourth-order valence-corrected chi connectivity index (χ4v) is 4.36. The molecule has 138 valence electrons. The van der Waals surface area contributed by atoms with Gasteiger partial charge in [-0.1, -0.05) is 0 Å². The second-order valence-corrected chi connectivity index (χ2v) is 7.75. The highest BCUT2D eigenvalue weighted by atomic mass is 32.2. The Kier molecular flexibility index (Phi) is 6.02. The van der Waals surface area contributed by atoms with E-state index in [2.05, 4.69) is 0 Å². The van der Waals surface area contributed by atoms with Crippen molar-refractivity contribution >= 4 is 21.9 Å². The molecule has 0 bridgehead atoms. The lowest BCUT2D eigenvalue weighted by Gasteiger charge is -2.20. The number of carbonyl (C=O) groups is 2. The maximum Gasteiger partial charge on any atom is 0.305 e. The minimum atomic E-state index is -3.75. The van der Waals surface area contributed by atoms with Crippen LogP contribution in [0.1, 0.15) is 29.6 Å². The van der Waals surface area contributed by atoms with Crippen molar-refractivity contribution in [3.8, 4) is 5.75 Å². The highest BCUT2D eigenvalue weighted by Gasteiger charge is 2.31. The molecule has 1 heterocycles. The maximum absolute atomic E-state index is 12.8. The largest absolute Gasteiger partial charge is 0.495 e. The Labute approximate surface area is 147 Å². The number of ether oxygens (including phenoxy) is 1. The third-order valence-electron chi connectivity index (χ3n) is 4.10. The second-order valence-electron chi connectivity index (χ2n) is 5.85. The van der Waals surface area contributed by atoms with Gasteiger partial charge >= 0.3 is 5.97 Å². The number of sulfonamides is 1. The first-order valence-electron chi connectivity index (χ1n) is 7.93. The topological polar surface area (TPSA) is 104 Å². The number of hydrogen-bond donors (Lipinski definition) is 1. The zero-order valence-corrected chi connectivity index (χ0v) is 15.1. The van der Waals surface area contributed by atoms with Crippen LogP contribution in [0.4, 0.5) is 0 Å². The van der Waals surface area contributed by atoms with Crippen molar-refractivity contribution in [1.29, 1.82) is 0 Å². The molecule has 25 heavy (non-hydrogen) atoms. The second kappa shape index (κ2) is 7.83. The van der Waals surface area contributed by atoms with Crippen LogP contribution in [0.15, 0.2) is 23.1 Å². The number of amides is 1. The number of carboxylic acids is 1. The Morgan fingerprint density at radius 3 is 2.48 bits per heavy atom. The molecule has 1 fully saturated rings. The zero-order valence-electron chi connectivity index (χ0n) is 14.3. The smallest absolute Gasteiger partial charge is 0.305 e. The van der Waals surface area contributed by atoms with E-state index in [4.69, 9.17) is 9.84 Å². The van der Waals surface area contributed by atoms with Gasteiger partial charge in [-0.3, -0.25) is 9.59 Å². The molecule has 1 aromatic carbocycles. The molecule has 1 aliphatic rings. The normalized spacial score (nSPS) is 15.1. The Balaban J connectivity index is 2.33. The third kappa shape index (κ3) is 4.29. The number of hydrogen-bond acceptors (Lipinski definition) is 5. The number of carbonyl (C=O) groups excluding carboxylic acids is 1. The molecule has 0 spiro atoms. The van der Waals surface area contributed by atoms with Crippen molar-refractivity contribution in [2.75, 3.05) is 33.8 Å². The molecule has 0 aromatic heterocycles. The Bertz CT molecular complexity index is 756. The predicted octanol–water partition coefficient (Wildman–Crippen LogP) is 1.03. The SMILES string of the molecule is COc1ccc(C(=O)N(C)CCC(=O)O)cc1S(=O)(=O)N1CCCC1. The number of nitrogens with zero attached hydrogens (tertiary/aromatic N) is 2. The van der Waals surface area contributed by atoms with Crippen molar-refractivity contribution in [2.24, 2.45) is 0 Å². The first-order valence-corrected chi connectivity index (χ1v) is 9.37. The van der Waals surface area contributed by atoms with E-state index in [1.54, 1.807) is 0 Å². The molecule has 8 nitrogen and oxygen atoms in total. The lowest BCUT2D eigenvalue weighted by Crippen LogP contribution is -2.30. The van der Waals surface area contributed by atoms with Crippen LogP contribution in [0.25, 0.3) is 0 Å². The van der Waals surface area contributed by atoms with Gasteiger partial charge in [-0.2, -0.15) is 4.31 Å². The van der Waals surface area contributed by atoms with Crippen molar-refractivity contribution in [2.45, 2.75) is 24.2 Å². The van der Waals surface area contributed by atoms with E-state index in [0.717, 1.165) is 12.8 Å². The van der Waals surface area contributed by atoms with Gasteiger partial charge in [0.25, 0.3) is 5.91 Å². The average Bonchev–Trinajstić information content (AvgIpc) is 3.13. The van der Waals surface area contributed by atoms with Gasteiger partial charge in [-0.25, -0.2) is 8.42 Å². The summed E-state index contributed by atoms with van der Waals surface area (Å²) >= 11 is 0. The molecule has 1 N–H and O–H groups in total. The number of benzene rings is 1. The highest BCUT2D eigenvalue weighted by Crippen LogP contribution is 2.30. The van der Waals surface area contributed by atoms with Gasteiger partial charge in [-0.15, -0.1) is 0 Å². The maximum atomic E-state index is 12.8. The molecule has 0 radical (unpaired) electrons. The predicted molar refractivity (Wildman–Crippen MR) is 90.2 cm³/mol.